The smallest absolute Gasteiger partial charge is 0.410 e. The Kier molecular flexibility index (Phi) is 15.1. The van der Waals surface area contributed by atoms with Crippen molar-refractivity contribution in [1.29, 1.82) is 0 Å². The second kappa shape index (κ2) is 20.9. The predicted molar refractivity (Wildman–Crippen MR) is 252 cm³/mol. The van der Waals surface area contributed by atoms with E-state index in [4.69, 9.17) is 14.2 Å². The second-order valence-corrected chi connectivity index (χ2v) is 18.8. The van der Waals surface area contributed by atoms with E-state index in [1.54, 1.807) is 18.9 Å². The van der Waals surface area contributed by atoms with E-state index in [2.05, 4.69) is 47.0 Å². The number of aryl methyl sites for hydroxylation is 2. The molecule has 11 heteroatoms. The Balaban J connectivity index is 0.000000193. The summed E-state index contributed by atoms with van der Waals surface area (Å²) in [6.07, 6.45) is 6.38. The molecule has 8 rings (SSSR count). The number of rotatable bonds is 10. The topological polar surface area (TPSA) is 127 Å². The maximum Gasteiger partial charge on any atom is 0.410 e. The van der Waals surface area contributed by atoms with Crippen molar-refractivity contribution in [3.05, 3.63) is 118 Å². The minimum atomic E-state index is -0.515. The number of benzene rings is 4. The summed E-state index contributed by atoms with van der Waals surface area (Å²) in [5, 5.41) is 6.68. The van der Waals surface area contributed by atoms with Gasteiger partial charge in [0.15, 0.2) is 11.6 Å². The molecule has 2 N–H and O–H groups in total. The van der Waals surface area contributed by atoms with E-state index in [0.717, 1.165) is 96.7 Å². The Labute approximate surface area is 379 Å². The molecule has 2 fully saturated rings. The molecular weight excluding hydrogens is 805 g/mol. The molecule has 2 aliphatic carbocycles. The lowest BCUT2D eigenvalue weighted by Gasteiger charge is -2.26. The number of ketones is 2. The first-order chi connectivity index (χ1) is 30.8. The summed E-state index contributed by atoms with van der Waals surface area (Å²) in [5.41, 5.74) is 7.89. The van der Waals surface area contributed by atoms with Crippen LogP contribution in [0, 0.1) is 11.8 Å². The molecule has 2 amide bonds. The van der Waals surface area contributed by atoms with Gasteiger partial charge in [-0.2, -0.15) is 0 Å². The molecule has 4 aromatic rings. The van der Waals surface area contributed by atoms with Gasteiger partial charge in [0.1, 0.15) is 17.1 Å². The van der Waals surface area contributed by atoms with E-state index in [9.17, 15) is 19.2 Å². The van der Waals surface area contributed by atoms with Crippen LogP contribution in [0.1, 0.15) is 121 Å². The summed E-state index contributed by atoms with van der Waals surface area (Å²) >= 11 is 0. The van der Waals surface area contributed by atoms with Crippen LogP contribution < -0.4 is 25.0 Å². The molecule has 0 radical (unpaired) electrons. The number of hydrogen-bond donors (Lipinski definition) is 2. The number of amides is 2. The average Bonchev–Trinajstić information content (AvgIpc) is 3.63. The molecule has 4 aliphatic rings. The van der Waals surface area contributed by atoms with Gasteiger partial charge in [0.25, 0.3) is 0 Å². The maximum atomic E-state index is 12.8. The first-order valence-corrected chi connectivity index (χ1v) is 23.1. The fraction of sp³-hybridized carbons (Fsp3) is 0.472. The van der Waals surface area contributed by atoms with Crippen LogP contribution in [0.4, 0.5) is 16.2 Å². The third-order valence-electron chi connectivity index (χ3n) is 13.3. The largest absolute Gasteiger partial charge is 0.493 e. The Bertz CT molecular complexity index is 2270. The van der Waals surface area contributed by atoms with Gasteiger partial charge < -0.3 is 34.6 Å². The third kappa shape index (κ3) is 11.7. The number of Topliss-reactive ketones (excluding diaryl/α,β-unsaturated/α-hetero) is 2. The zero-order chi connectivity index (χ0) is 45.4. The number of nitrogens with one attached hydrogen (secondary N) is 2. The number of anilines is 2. The van der Waals surface area contributed by atoms with Crippen LogP contribution in [-0.4, -0.2) is 87.6 Å². The normalized spacial score (nSPS) is 20.8. The summed E-state index contributed by atoms with van der Waals surface area (Å²) in [6.45, 7) is 11.7. The first-order valence-electron chi connectivity index (χ1n) is 23.1. The van der Waals surface area contributed by atoms with E-state index in [1.165, 1.54) is 11.1 Å². The zero-order valence-electron chi connectivity index (χ0n) is 38.5. The van der Waals surface area contributed by atoms with Gasteiger partial charge in [0.05, 0.1) is 13.2 Å². The highest BCUT2D eigenvalue weighted by Gasteiger charge is 2.32. The average molecular weight is 871 g/mol. The van der Waals surface area contributed by atoms with Crippen LogP contribution in [0.2, 0.25) is 0 Å². The highest BCUT2D eigenvalue weighted by atomic mass is 16.6. The Morgan fingerprint density at radius 3 is 1.77 bits per heavy atom. The SMILES string of the molecule is CC(=O)N(C)c1ccc([C@@H]2CCNCC[C@H]2COc2ccc3c(c2)C(=O)CC3)cc1.CNc1ccc([C@@H]2CCN(C(=O)OC(C)(C)C)CC[C@H]2COc2ccc3c(c2)C(=O)CC3)cc1. The number of carbonyl (C=O) groups is 4. The van der Waals surface area contributed by atoms with E-state index in [-0.39, 0.29) is 35.4 Å². The predicted octanol–water partition coefficient (Wildman–Crippen LogP) is 9.63. The van der Waals surface area contributed by atoms with Crippen molar-refractivity contribution in [1.82, 2.24) is 10.2 Å². The van der Waals surface area contributed by atoms with Crippen LogP contribution in [0.5, 0.6) is 11.5 Å². The standard InChI is InChI=1S/C28H36N2O4.C25H30N2O3/c1-28(2,3)34-27(32)30-15-13-21(24(14-16-30)19-5-9-22(29-4)10-6-19)18-33-23-11-7-20-8-12-26(31)25(20)17-23;1-17(28)27(2)21-7-3-18(4-8-21)23-12-14-26-13-11-20(23)16-30-22-9-5-19-6-10-25(29)24(19)15-22/h5-7,9-11,17,21,24,29H,8,12-16,18H2,1-4H3;3-5,7-9,15,20,23,26H,6,10-14,16H2,1-2H3/t21-,24-;20-,23-/m00/s1. The van der Waals surface area contributed by atoms with Gasteiger partial charge in [-0.3, -0.25) is 14.4 Å². The number of ether oxygens (including phenoxy) is 3. The number of fused-ring (bicyclic) bond motifs is 2. The fourth-order valence-electron chi connectivity index (χ4n) is 9.50. The maximum absolute atomic E-state index is 12.8. The second-order valence-electron chi connectivity index (χ2n) is 18.8. The monoisotopic (exact) mass is 870 g/mol. The summed E-state index contributed by atoms with van der Waals surface area (Å²) in [6, 6.07) is 28.7. The molecule has 11 nitrogen and oxygen atoms in total. The van der Waals surface area contributed by atoms with Crippen LogP contribution in [0.15, 0.2) is 84.9 Å². The van der Waals surface area contributed by atoms with E-state index < -0.39 is 5.60 Å². The summed E-state index contributed by atoms with van der Waals surface area (Å²) in [4.78, 5) is 52.0. The zero-order valence-corrected chi connectivity index (χ0v) is 38.5. The van der Waals surface area contributed by atoms with Crippen molar-refractivity contribution in [2.45, 2.75) is 96.5 Å². The van der Waals surface area contributed by atoms with Crippen LogP contribution in [0.25, 0.3) is 0 Å². The lowest BCUT2D eigenvalue weighted by atomic mass is 9.83. The number of hydrogen-bond acceptors (Lipinski definition) is 9. The van der Waals surface area contributed by atoms with Crippen LogP contribution >= 0.6 is 0 Å². The molecule has 2 saturated heterocycles. The Morgan fingerprint density at radius 1 is 0.703 bits per heavy atom. The van der Waals surface area contributed by atoms with Crippen molar-refractivity contribution >= 4 is 34.9 Å². The summed E-state index contributed by atoms with van der Waals surface area (Å²) in [5.74, 6) is 3.26. The molecule has 0 spiro atoms. The quantitative estimate of drug-likeness (QED) is 0.160. The van der Waals surface area contributed by atoms with Crippen LogP contribution in [0.3, 0.4) is 0 Å². The summed E-state index contributed by atoms with van der Waals surface area (Å²) in [7, 11) is 3.71. The molecule has 2 heterocycles. The molecule has 0 unspecified atom stereocenters. The molecule has 0 aromatic heterocycles. The minimum absolute atomic E-state index is 0.0283. The number of carbonyl (C=O) groups excluding carboxylic acids is 4. The molecule has 4 aromatic carbocycles. The third-order valence-corrected chi connectivity index (χ3v) is 13.3. The van der Waals surface area contributed by atoms with E-state index in [1.807, 2.05) is 81.2 Å². The van der Waals surface area contributed by atoms with Crippen molar-refractivity contribution in [3.63, 3.8) is 0 Å². The highest BCUT2D eigenvalue weighted by molar-refractivity contribution is 6.01. The Morgan fingerprint density at radius 2 is 1.22 bits per heavy atom. The van der Waals surface area contributed by atoms with Gasteiger partial charge in [-0.15, -0.1) is 0 Å². The fourth-order valence-corrected chi connectivity index (χ4v) is 9.50. The van der Waals surface area contributed by atoms with Crippen LogP contribution in [-0.2, 0) is 22.4 Å². The van der Waals surface area contributed by atoms with Crippen molar-refractivity contribution in [3.8, 4) is 11.5 Å². The van der Waals surface area contributed by atoms with Gasteiger partial charge in [-0.1, -0.05) is 36.4 Å². The highest BCUT2D eigenvalue weighted by Crippen LogP contribution is 2.37. The lowest BCUT2D eigenvalue weighted by Crippen LogP contribution is -2.37. The summed E-state index contributed by atoms with van der Waals surface area (Å²) < 4.78 is 18.1. The van der Waals surface area contributed by atoms with Gasteiger partial charge in [0, 0.05) is 81.3 Å². The van der Waals surface area contributed by atoms with Gasteiger partial charge in [-0.05, 0) is 155 Å². The lowest BCUT2D eigenvalue weighted by molar-refractivity contribution is -0.116. The molecule has 2 aliphatic heterocycles. The molecule has 0 saturated carbocycles. The Hall–Kier alpha value is -5.68. The molecule has 4 atom stereocenters. The van der Waals surface area contributed by atoms with Crippen molar-refractivity contribution in [2.75, 3.05) is 63.7 Å². The molecular formula is C53H66N4O7. The van der Waals surface area contributed by atoms with E-state index in [0.29, 0.717) is 51.0 Å². The first kappa shape index (κ1) is 46.3. The van der Waals surface area contributed by atoms with Gasteiger partial charge >= 0.3 is 6.09 Å². The molecule has 340 valence electrons. The number of nitrogens with zero attached hydrogens (tertiary/aromatic N) is 2. The minimum Gasteiger partial charge on any atom is -0.493 e. The van der Waals surface area contributed by atoms with Gasteiger partial charge in [0.2, 0.25) is 5.91 Å². The van der Waals surface area contributed by atoms with Crippen molar-refractivity contribution < 1.29 is 33.4 Å². The number of likely N-dealkylation sites (tertiary alicyclic amines) is 1. The van der Waals surface area contributed by atoms with E-state index >= 15 is 0 Å². The molecule has 0 bridgehead atoms. The molecule has 64 heavy (non-hydrogen) atoms. The van der Waals surface area contributed by atoms with Crippen molar-refractivity contribution in [2.24, 2.45) is 11.8 Å². The van der Waals surface area contributed by atoms with Gasteiger partial charge in [-0.25, -0.2) is 4.79 Å².